The molecule has 0 spiro atoms. The van der Waals surface area contributed by atoms with Gasteiger partial charge >= 0.3 is 0 Å². The second-order valence-electron chi connectivity index (χ2n) is 2.74. The Morgan fingerprint density at radius 2 is 2.08 bits per heavy atom. The first-order valence-corrected chi connectivity index (χ1v) is 4.53. The highest BCUT2D eigenvalue weighted by molar-refractivity contribution is 7.14. The molecule has 0 atom stereocenters. The van der Waals surface area contributed by atoms with Gasteiger partial charge in [0.15, 0.2) is 0 Å². The van der Waals surface area contributed by atoms with E-state index in [1.807, 2.05) is 12.3 Å². The molecule has 2 aromatic heterocycles. The molecule has 3 aromatic rings. The monoisotopic (exact) mass is 174 g/mol. The molecule has 0 radical (unpaired) electrons. The van der Waals surface area contributed by atoms with Crippen molar-refractivity contribution in [3.8, 4) is 0 Å². The van der Waals surface area contributed by atoms with E-state index in [-0.39, 0.29) is 0 Å². The van der Waals surface area contributed by atoms with Crippen molar-refractivity contribution in [3.63, 3.8) is 0 Å². The van der Waals surface area contributed by atoms with E-state index in [0.717, 1.165) is 5.52 Å². The van der Waals surface area contributed by atoms with Crippen molar-refractivity contribution in [1.29, 1.82) is 0 Å². The van der Waals surface area contributed by atoms with E-state index in [1.165, 1.54) is 15.6 Å². The number of hydrogen-bond acceptors (Lipinski definition) is 2. The molecule has 58 valence electrons. The molecule has 0 aliphatic heterocycles. The molecule has 1 aromatic carbocycles. The van der Waals surface area contributed by atoms with Crippen molar-refractivity contribution < 1.29 is 0 Å². The largest absolute Gasteiger partial charge is 0.352 e. The van der Waals surface area contributed by atoms with Crippen LogP contribution in [-0.2, 0) is 0 Å². The van der Waals surface area contributed by atoms with Gasteiger partial charge in [-0.15, -0.1) is 0 Å². The molecule has 0 unspecified atom stereocenters. The number of hydrogen-bond donors (Lipinski definition) is 1. The van der Waals surface area contributed by atoms with Crippen LogP contribution >= 0.6 is 11.5 Å². The third-order valence-corrected chi connectivity index (χ3v) is 2.84. The third kappa shape index (κ3) is 0.662. The topological polar surface area (TPSA) is 28.7 Å². The van der Waals surface area contributed by atoms with E-state index in [4.69, 9.17) is 0 Å². The summed E-state index contributed by atoms with van der Waals surface area (Å²) >= 11 is 1.54. The van der Waals surface area contributed by atoms with Crippen LogP contribution in [0.5, 0.6) is 0 Å². The minimum Gasteiger partial charge on any atom is -0.352 e. The lowest BCUT2D eigenvalue weighted by atomic mass is 10.2. The standard InChI is InChI=1S/C9H6N2S/c1-2-4-7-6(3-1)9-8(11-7)5-10-12-9/h1-5,11H. The van der Waals surface area contributed by atoms with E-state index < -0.39 is 0 Å². The van der Waals surface area contributed by atoms with Crippen LogP contribution in [0.1, 0.15) is 0 Å². The lowest BCUT2D eigenvalue weighted by Gasteiger charge is -1.84. The van der Waals surface area contributed by atoms with Crippen molar-refractivity contribution in [2.24, 2.45) is 0 Å². The predicted octanol–water partition coefficient (Wildman–Crippen LogP) is 2.78. The Hall–Kier alpha value is -1.35. The Balaban J connectivity index is 2.68. The molecule has 3 rings (SSSR count). The molecule has 2 nitrogen and oxygen atoms in total. The summed E-state index contributed by atoms with van der Waals surface area (Å²) in [6.07, 6.45) is 1.88. The number of nitrogens with zero attached hydrogens (tertiary/aromatic N) is 1. The van der Waals surface area contributed by atoms with Crippen LogP contribution in [0.15, 0.2) is 30.5 Å². The fraction of sp³-hybridized carbons (Fsp3) is 0. The highest BCUT2D eigenvalue weighted by atomic mass is 32.1. The van der Waals surface area contributed by atoms with Crippen molar-refractivity contribution in [1.82, 2.24) is 9.36 Å². The molecule has 0 bridgehead atoms. The van der Waals surface area contributed by atoms with Crippen LogP contribution in [0, 0.1) is 0 Å². The van der Waals surface area contributed by atoms with E-state index in [9.17, 15) is 0 Å². The Morgan fingerprint density at radius 3 is 3.08 bits per heavy atom. The van der Waals surface area contributed by atoms with Crippen molar-refractivity contribution in [2.45, 2.75) is 0 Å². The zero-order valence-corrected chi connectivity index (χ0v) is 7.06. The summed E-state index contributed by atoms with van der Waals surface area (Å²) in [5.41, 5.74) is 2.34. The summed E-state index contributed by atoms with van der Waals surface area (Å²) in [6.45, 7) is 0. The van der Waals surface area contributed by atoms with Gasteiger partial charge < -0.3 is 4.98 Å². The first-order valence-electron chi connectivity index (χ1n) is 3.76. The van der Waals surface area contributed by atoms with Crippen LogP contribution in [0.25, 0.3) is 21.1 Å². The molecular formula is C9H6N2S. The van der Waals surface area contributed by atoms with Crippen LogP contribution in [0.2, 0.25) is 0 Å². The molecule has 0 saturated heterocycles. The Labute approximate surface area is 73.0 Å². The fourth-order valence-electron chi connectivity index (χ4n) is 1.46. The van der Waals surface area contributed by atoms with Crippen LogP contribution in [0.4, 0.5) is 0 Å². The summed E-state index contributed by atoms with van der Waals surface area (Å²) in [7, 11) is 0. The van der Waals surface area contributed by atoms with Gasteiger partial charge in [0.1, 0.15) is 0 Å². The number of rotatable bonds is 0. The first kappa shape index (κ1) is 6.20. The zero-order valence-electron chi connectivity index (χ0n) is 6.24. The maximum absolute atomic E-state index is 4.12. The predicted molar refractivity (Wildman–Crippen MR) is 51.5 cm³/mol. The minimum atomic E-state index is 1.14. The van der Waals surface area contributed by atoms with Gasteiger partial charge in [-0.1, -0.05) is 18.2 Å². The quantitative estimate of drug-likeness (QED) is 0.557. The second-order valence-corrected chi connectivity index (χ2v) is 3.54. The molecule has 0 aliphatic rings. The van der Waals surface area contributed by atoms with Gasteiger partial charge in [0, 0.05) is 10.9 Å². The molecule has 0 amide bonds. The molecule has 1 N–H and O–H groups in total. The van der Waals surface area contributed by atoms with Gasteiger partial charge in [0.05, 0.1) is 16.4 Å². The first-order chi connectivity index (χ1) is 5.95. The average Bonchev–Trinajstić information content (AvgIpc) is 2.62. The number of nitrogens with one attached hydrogen (secondary N) is 1. The normalized spacial score (nSPS) is 11.3. The van der Waals surface area contributed by atoms with Crippen LogP contribution < -0.4 is 0 Å². The average molecular weight is 174 g/mol. The highest BCUT2D eigenvalue weighted by Gasteiger charge is 2.03. The number of aromatic nitrogens is 2. The smallest absolute Gasteiger partial charge is 0.0806 e. The van der Waals surface area contributed by atoms with Crippen molar-refractivity contribution in [2.75, 3.05) is 0 Å². The van der Waals surface area contributed by atoms with E-state index >= 15 is 0 Å². The Kier molecular flexibility index (Phi) is 1.07. The van der Waals surface area contributed by atoms with Crippen LogP contribution in [-0.4, -0.2) is 9.36 Å². The van der Waals surface area contributed by atoms with E-state index in [0.29, 0.717) is 0 Å². The van der Waals surface area contributed by atoms with Gasteiger partial charge in [0.25, 0.3) is 0 Å². The molecule has 3 heteroatoms. The lowest BCUT2D eigenvalue weighted by Crippen LogP contribution is -1.64. The van der Waals surface area contributed by atoms with Gasteiger partial charge in [0.2, 0.25) is 0 Å². The number of aromatic amines is 1. The van der Waals surface area contributed by atoms with Crippen molar-refractivity contribution >= 4 is 32.7 Å². The number of fused-ring (bicyclic) bond motifs is 3. The Morgan fingerprint density at radius 1 is 1.17 bits per heavy atom. The molecular weight excluding hydrogens is 168 g/mol. The van der Waals surface area contributed by atoms with E-state index in [1.54, 1.807) is 11.5 Å². The molecule has 12 heavy (non-hydrogen) atoms. The fourth-order valence-corrected chi connectivity index (χ4v) is 2.20. The molecule has 0 aliphatic carbocycles. The Bertz CT molecular complexity index is 534. The molecule has 0 fully saturated rings. The van der Waals surface area contributed by atoms with E-state index in [2.05, 4.69) is 27.6 Å². The highest BCUT2D eigenvalue weighted by Crippen LogP contribution is 2.27. The minimum absolute atomic E-state index is 1.14. The maximum Gasteiger partial charge on any atom is 0.0806 e. The van der Waals surface area contributed by atoms with Gasteiger partial charge in [-0.2, -0.15) is 4.37 Å². The van der Waals surface area contributed by atoms with Gasteiger partial charge in [-0.3, -0.25) is 0 Å². The van der Waals surface area contributed by atoms with Crippen molar-refractivity contribution in [3.05, 3.63) is 30.5 Å². The molecule has 2 heterocycles. The zero-order chi connectivity index (χ0) is 7.97. The number of para-hydroxylation sites is 1. The second kappa shape index (κ2) is 2.08. The SMILES string of the molecule is c1ccc2c(c1)[nH]c1cnsc12. The third-order valence-electron chi connectivity index (χ3n) is 2.01. The van der Waals surface area contributed by atoms with Gasteiger partial charge in [-0.05, 0) is 17.6 Å². The summed E-state index contributed by atoms with van der Waals surface area (Å²) in [4.78, 5) is 3.31. The maximum atomic E-state index is 4.12. The van der Waals surface area contributed by atoms with Gasteiger partial charge in [-0.25, -0.2) is 0 Å². The summed E-state index contributed by atoms with van der Waals surface area (Å²) in [5, 5.41) is 1.27. The lowest BCUT2D eigenvalue weighted by molar-refractivity contribution is 1.50. The number of H-pyrrole nitrogens is 1. The molecule has 0 saturated carbocycles. The van der Waals surface area contributed by atoms with Crippen LogP contribution in [0.3, 0.4) is 0 Å². The summed E-state index contributed by atoms with van der Waals surface area (Å²) in [6, 6.07) is 8.29. The number of benzene rings is 1. The summed E-state index contributed by atoms with van der Waals surface area (Å²) < 4.78 is 5.38. The summed E-state index contributed by atoms with van der Waals surface area (Å²) in [5.74, 6) is 0.